The Morgan fingerprint density at radius 2 is 2.24 bits per heavy atom. The fraction of sp³-hybridized carbons (Fsp3) is 0.455. The van der Waals surface area contributed by atoms with Crippen molar-refractivity contribution in [3.63, 3.8) is 0 Å². The number of hydrogen-bond donors (Lipinski definition) is 2. The third-order valence-electron chi connectivity index (χ3n) is 2.11. The van der Waals surface area contributed by atoms with Gasteiger partial charge in [-0.05, 0) is 28.9 Å². The summed E-state index contributed by atoms with van der Waals surface area (Å²) in [4.78, 5) is 15.0. The van der Waals surface area contributed by atoms with Crippen molar-refractivity contribution >= 4 is 21.9 Å². The van der Waals surface area contributed by atoms with Crippen LogP contribution in [0.25, 0.3) is 0 Å². The van der Waals surface area contributed by atoms with E-state index in [1.165, 1.54) is 6.20 Å². The number of aromatic nitrogens is 1. The largest absolute Gasteiger partial charge is 0.466 e. The van der Waals surface area contributed by atoms with E-state index in [0.717, 1.165) is 0 Å². The van der Waals surface area contributed by atoms with E-state index in [2.05, 4.69) is 25.7 Å². The van der Waals surface area contributed by atoms with Crippen LogP contribution in [0, 0.1) is 0 Å². The maximum atomic E-state index is 11.1. The molecule has 0 spiro atoms. The van der Waals surface area contributed by atoms with Gasteiger partial charge in [-0.3, -0.25) is 9.78 Å². The van der Waals surface area contributed by atoms with Crippen LogP contribution in [0.5, 0.6) is 0 Å². The van der Waals surface area contributed by atoms with E-state index in [9.17, 15) is 15.0 Å². The van der Waals surface area contributed by atoms with Crippen LogP contribution in [0.15, 0.2) is 22.9 Å². The summed E-state index contributed by atoms with van der Waals surface area (Å²) in [6.45, 7) is 1.93. The van der Waals surface area contributed by atoms with Crippen LogP contribution in [0.2, 0.25) is 0 Å². The van der Waals surface area contributed by atoms with Gasteiger partial charge >= 0.3 is 5.97 Å². The maximum Gasteiger partial charge on any atom is 0.308 e. The Morgan fingerprint density at radius 3 is 2.82 bits per heavy atom. The van der Waals surface area contributed by atoms with Gasteiger partial charge in [-0.2, -0.15) is 0 Å². The van der Waals surface area contributed by atoms with Gasteiger partial charge in [-0.15, -0.1) is 0 Å². The molecule has 0 aromatic carbocycles. The molecule has 0 bridgehead atoms. The third kappa shape index (κ3) is 4.41. The second-order valence-electron chi connectivity index (χ2n) is 3.46. The number of hydrogen-bond acceptors (Lipinski definition) is 5. The van der Waals surface area contributed by atoms with Crippen molar-refractivity contribution in [3.05, 3.63) is 28.5 Å². The number of aliphatic hydroxyl groups excluding tert-OH is 2. The lowest BCUT2D eigenvalue weighted by atomic mass is 10.0. The van der Waals surface area contributed by atoms with Crippen LogP contribution in [0.4, 0.5) is 0 Å². The quantitative estimate of drug-likeness (QED) is 0.799. The third-order valence-corrected chi connectivity index (χ3v) is 2.55. The molecule has 0 saturated carbocycles. The van der Waals surface area contributed by atoms with Gasteiger partial charge in [0.2, 0.25) is 0 Å². The van der Waals surface area contributed by atoms with Gasteiger partial charge in [-0.1, -0.05) is 0 Å². The molecule has 1 heterocycles. The molecule has 1 rings (SSSR count). The monoisotopic (exact) mass is 303 g/mol. The number of pyridine rings is 1. The highest BCUT2D eigenvalue weighted by Crippen LogP contribution is 2.21. The van der Waals surface area contributed by atoms with Crippen molar-refractivity contribution in [2.45, 2.75) is 25.6 Å². The van der Waals surface area contributed by atoms with E-state index in [-0.39, 0.29) is 13.0 Å². The molecular formula is C11H14BrNO4. The normalized spacial score (nSPS) is 14.1. The molecule has 6 heteroatoms. The first kappa shape index (κ1) is 14.1. The van der Waals surface area contributed by atoms with E-state index < -0.39 is 18.2 Å². The molecule has 0 saturated heterocycles. The molecule has 0 fully saturated rings. The van der Waals surface area contributed by atoms with Gasteiger partial charge in [0, 0.05) is 22.4 Å². The van der Waals surface area contributed by atoms with Gasteiger partial charge < -0.3 is 14.9 Å². The summed E-state index contributed by atoms with van der Waals surface area (Å²) in [5.74, 6) is -0.540. The number of aliphatic hydroxyl groups is 2. The highest BCUT2D eigenvalue weighted by atomic mass is 79.9. The Kier molecular flexibility index (Phi) is 5.54. The van der Waals surface area contributed by atoms with E-state index in [1.54, 1.807) is 19.2 Å². The minimum atomic E-state index is -1.20. The smallest absolute Gasteiger partial charge is 0.308 e. The average molecular weight is 304 g/mol. The van der Waals surface area contributed by atoms with Crippen LogP contribution in [-0.2, 0) is 9.53 Å². The molecule has 2 unspecified atom stereocenters. The highest BCUT2D eigenvalue weighted by molar-refractivity contribution is 9.10. The minimum Gasteiger partial charge on any atom is -0.466 e. The molecule has 1 aromatic heterocycles. The molecule has 0 aliphatic heterocycles. The van der Waals surface area contributed by atoms with Crippen LogP contribution >= 0.6 is 15.9 Å². The molecule has 5 nitrogen and oxygen atoms in total. The van der Waals surface area contributed by atoms with Crippen molar-refractivity contribution in [2.24, 2.45) is 0 Å². The summed E-state index contributed by atoms with van der Waals surface area (Å²) in [6.07, 6.45) is 0.383. The van der Waals surface area contributed by atoms with Crippen LogP contribution in [0.1, 0.15) is 25.0 Å². The Hall–Kier alpha value is -0.980. The molecule has 0 radical (unpaired) electrons. The molecule has 0 amide bonds. The summed E-state index contributed by atoms with van der Waals surface area (Å²) in [5, 5.41) is 19.5. The van der Waals surface area contributed by atoms with Crippen LogP contribution in [-0.4, -0.2) is 33.9 Å². The second kappa shape index (κ2) is 6.68. The first-order chi connectivity index (χ1) is 8.04. The molecule has 2 N–H and O–H groups in total. The molecule has 94 valence electrons. The molecule has 0 aliphatic carbocycles. The fourth-order valence-electron chi connectivity index (χ4n) is 1.31. The number of ether oxygens (including phenoxy) is 1. The van der Waals surface area contributed by atoms with E-state index in [4.69, 9.17) is 0 Å². The van der Waals surface area contributed by atoms with Crippen LogP contribution in [0.3, 0.4) is 0 Å². The fourth-order valence-corrected chi connectivity index (χ4v) is 1.70. The lowest BCUT2D eigenvalue weighted by Crippen LogP contribution is -2.23. The van der Waals surface area contributed by atoms with Crippen molar-refractivity contribution in [2.75, 3.05) is 6.61 Å². The van der Waals surface area contributed by atoms with Gasteiger partial charge in [-0.25, -0.2) is 0 Å². The second-order valence-corrected chi connectivity index (χ2v) is 4.37. The van der Waals surface area contributed by atoms with Crippen LogP contribution < -0.4 is 0 Å². The standard InChI is InChI=1S/C11H14BrNO4/c1-2-17-10(15)4-9(14)11(16)7-3-8(12)6-13-5-7/h3,5-6,9,11,14,16H,2,4H2,1H3. The van der Waals surface area contributed by atoms with Crippen molar-refractivity contribution in [3.8, 4) is 0 Å². The molecule has 2 atom stereocenters. The molecule has 17 heavy (non-hydrogen) atoms. The molecular weight excluding hydrogens is 290 g/mol. The first-order valence-electron chi connectivity index (χ1n) is 5.16. The van der Waals surface area contributed by atoms with Gasteiger partial charge in [0.25, 0.3) is 0 Å². The van der Waals surface area contributed by atoms with Gasteiger partial charge in [0.15, 0.2) is 0 Å². The van der Waals surface area contributed by atoms with E-state index >= 15 is 0 Å². The number of rotatable bonds is 5. The van der Waals surface area contributed by atoms with Crippen molar-refractivity contribution < 1.29 is 19.7 Å². The summed E-state index contributed by atoms with van der Waals surface area (Å²) in [5.41, 5.74) is 0.441. The Morgan fingerprint density at radius 1 is 1.53 bits per heavy atom. The maximum absolute atomic E-state index is 11.1. The lowest BCUT2D eigenvalue weighted by molar-refractivity contribution is -0.147. The topological polar surface area (TPSA) is 79.7 Å². The van der Waals surface area contributed by atoms with Crippen molar-refractivity contribution in [1.82, 2.24) is 4.98 Å². The number of nitrogens with zero attached hydrogens (tertiary/aromatic N) is 1. The summed E-state index contributed by atoms with van der Waals surface area (Å²) in [7, 11) is 0. The minimum absolute atomic E-state index is 0.248. The lowest BCUT2D eigenvalue weighted by Gasteiger charge is -2.17. The van der Waals surface area contributed by atoms with Gasteiger partial charge in [0.05, 0.1) is 19.1 Å². The molecule has 1 aromatic rings. The first-order valence-corrected chi connectivity index (χ1v) is 5.96. The number of carbonyl (C=O) groups excluding carboxylic acids is 1. The Balaban J connectivity index is 2.63. The number of esters is 1. The van der Waals surface area contributed by atoms with Crippen molar-refractivity contribution in [1.29, 1.82) is 0 Å². The number of halogens is 1. The summed E-state index contributed by atoms with van der Waals surface area (Å²) >= 11 is 3.21. The predicted octanol–water partition coefficient (Wildman–Crippen LogP) is 1.19. The zero-order valence-electron chi connectivity index (χ0n) is 9.34. The number of carbonyl (C=O) groups is 1. The summed E-state index contributed by atoms with van der Waals surface area (Å²) < 4.78 is 5.38. The average Bonchev–Trinajstić information content (AvgIpc) is 2.28. The molecule has 0 aliphatic rings. The highest BCUT2D eigenvalue weighted by Gasteiger charge is 2.22. The Bertz CT molecular complexity index is 385. The predicted molar refractivity (Wildman–Crippen MR) is 64.2 cm³/mol. The zero-order valence-corrected chi connectivity index (χ0v) is 10.9. The van der Waals surface area contributed by atoms with E-state index in [1.807, 2.05) is 0 Å². The van der Waals surface area contributed by atoms with E-state index in [0.29, 0.717) is 10.0 Å². The van der Waals surface area contributed by atoms with Gasteiger partial charge in [0.1, 0.15) is 6.10 Å². The Labute approximate surface area is 108 Å². The summed E-state index contributed by atoms with van der Waals surface area (Å²) in [6, 6.07) is 1.63. The SMILES string of the molecule is CCOC(=O)CC(O)C(O)c1cncc(Br)c1. The zero-order chi connectivity index (χ0) is 12.8.